The lowest BCUT2D eigenvalue weighted by atomic mass is 9.75. The summed E-state index contributed by atoms with van der Waals surface area (Å²) in [6.07, 6.45) is 1.44. The first kappa shape index (κ1) is 37.7. The van der Waals surface area contributed by atoms with Gasteiger partial charge in [0.2, 0.25) is 17.0 Å². The van der Waals surface area contributed by atoms with Gasteiger partial charge in [0.15, 0.2) is 11.5 Å². The van der Waals surface area contributed by atoms with Crippen LogP contribution < -0.4 is 19.0 Å². The van der Waals surface area contributed by atoms with Crippen LogP contribution >= 0.6 is 0 Å². The van der Waals surface area contributed by atoms with Crippen molar-refractivity contribution in [1.29, 1.82) is 0 Å². The minimum atomic E-state index is -1.87. The largest absolute Gasteiger partial charge is 0.508 e. The Morgan fingerprint density at radius 3 is 2.30 bits per heavy atom. The van der Waals surface area contributed by atoms with Gasteiger partial charge in [0.1, 0.15) is 39.4 Å². The first-order valence-electron chi connectivity index (χ1n) is 18.0. The van der Waals surface area contributed by atoms with Gasteiger partial charge in [-0.25, -0.2) is 28.1 Å². The monoisotopic (exact) mass is 773 g/mol. The maximum atomic E-state index is 14.1. The van der Waals surface area contributed by atoms with Gasteiger partial charge < -0.3 is 28.8 Å². The molecule has 4 aromatic carbocycles. The molecule has 3 atom stereocenters. The molecule has 1 fully saturated rings. The Hall–Kier alpha value is -6.59. The molecule has 13 nitrogen and oxygen atoms in total. The third-order valence-corrected chi connectivity index (χ3v) is 10.8. The minimum absolute atomic E-state index is 0.0653. The second-order valence-electron chi connectivity index (χ2n) is 13.9. The van der Waals surface area contributed by atoms with E-state index in [2.05, 4.69) is 36.0 Å². The third-order valence-electron chi connectivity index (χ3n) is 9.77. The highest BCUT2D eigenvalue weighted by Crippen LogP contribution is 2.41. The number of ether oxygens (including phenoxy) is 3. The van der Waals surface area contributed by atoms with Gasteiger partial charge in [-0.2, -0.15) is 0 Å². The Kier molecular flexibility index (Phi) is 10.8. The number of fused-ring (bicyclic) bond motifs is 1. The number of H-pyrrole nitrogens is 1. The molecule has 6 aromatic rings. The SMILES string of the molecule is [C-]#[N+]c1c(C(=O)OC2C(C)CC(C)CC2C)c2nc(-c3ccc(Nc4ccccc4S(=O)Oc4ccc(O)cc4)cc3)[nH]n2c1OC(=O)c1ccccc1OC. The first-order valence-corrected chi connectivity index (χ1v) is 19.1. The highest BCUT2D eigenvalue weighted by atomic mass is 32.2. The summed E-state index contributed by atoms with van der Waals surface area (Å²) in [6, 6.07) is 26.7. The number of phenols is 1. The fraction of sp³-hybridized carbons (Fsp3) is 0.238. The normalized spacial score (nSPS) is 18.4. The summed E-state index contributed by atoms with van der Waals surface area (Å²) in [5.74, 6) is -0.0229. The van der Waals surface area contributed by atoms with Gasteiger partial charge in [-0.1, -0.05) is 45.0 Å². The zero-order valence-electron chi connectivity index (χ0n) is 31.0. The van der Waals surface area contributed by atoms with Crippen molar-refractivity contribution in [2.24, 2.45) is 17.8 Å². The number of hydrogen-bond donors (Lipinski definition) is 3. The van der Waals surface area contributed by atoms with E-state index in [1.54, 1.807) is 66.7 Å². The molecule has 1 aliphatic rings. The van der Waals surface area contributed by atoms with Gasteiger partial charge >= 0.3 is 11.9 Å². The molecule has 56 heavy (non-hydrogen) atoms. The summed E-state index contributed by atoms with van der Waals surface area (Å²) in [7, 11) is 1.43. The molecule has 0 bridgehead atoms. The quantitative estimate of drug-likeness (QED) is 0.0858. The predicted octanol–water partition coefficient (Wildman–Crippen LogP) is 8.89. The average Bonchev–Trinajstić information content (AvgIpc) is 3.75. The number of hydrogen-bond acceptors (Lipinski definition) is 10. The van der Waals surface area contributed by atoms with Gasteiger partial charge in [-0.05, 0) is 103 Å². The van der Waals surface area contributed by atoms with E-state index in [1.807, 2.05) is 0 Å². The fourth-order valence-corrected chi connectivity index (χ4v) is 8.13. The van der Waals surface area contributed by atoms with Crippen LogP contribution in [0.4, 0.5) is 17.1 Å². The molecule has 2 aromatic heterocycles. The van der Waals surface area contributed by atoms with E-state index in [0.29, 0.717) is 39.3 Å². The zero-order valence-corrected chi connectivity index (χ0v) is 31.8. The first-order chi connectivity index (χ1) is 27.0. The maximum absolute atomic E-state index is 14.1. The number of rotatable bonds is 11. The molecular formula is C42H39N5O8S. The molecule has 3 N–H and O–H groups in total. The Balaban J connectivity index is 1.21. The molecule has 1 saturated carbocycles. The molecule has 2 heterocycles. The maximum Gasteiger partial charge on any atom is 0.347 e. The van der Waals surface area contributed by atoms with E-state index >= 15 is 0 Å². The Morgan fingerprint density at radius 2 is 1.61 bits per heavy atom. The molecular weight excluding hydrogens is 735 g/mol. The van der Waals surface area contributed by atoms with E-state index in [0.717, 1.165) is 12.8 Å². The number of aromatic hydroxyl groups is 1. The van der Waals surface area contributed by atoms with Crippen molar-refractivity contribution in [3.05, 3.63) is 120 Å². The Bertz CT molecular complexity index is 2460. The summed E-state index contributed by atoms with van der Waals surface area (Å²) < 4.78 is 37.5. The van der Waals surface area contributed by atoms with Gasteiger partial charge in [-0.15, -0.1) is 0 Å². The molecule has 14 heteroatoms. The van der Waals surface area contributed by atoms with Crippen molar-refractivity contribution in [3.63, 3.8) is 0 Å². The molecule has 0 spiro atoms. The van der Waals surface area contributed by atoms with Crippen molar-refractivity contribution >= 4 is 45.7 Å². The highest BCUT2D eigenvalue weighted by Gasteiger charge is 2.37. The van der Waals surface area contributed by atoms with Crippen molar-refractivity contribution in [1.82, 2.24) is 14.6 Å². The summed E-state index contributed by atoms with van der Waals surface area (Å²) >= 11 is -1.87. The van der Waals surface area contributed by atoms with Gasteiger partial charge in [0.05, 0.1) is 19.4 Å². The Morgan fingerprint density at radius 1 is 0.929 bits per heavy atom. The predicted molar refractivity (Wildman–Crippen MR) is 210 cm³/mol. The van der Waals surface area contributed by atoms with E-state index in [-0.39, 0.29) is 57.8 Å². The zero-order chi connectivity index (χ0) is 39.5. The molecule has 0 saturated heterocycles. The van der Waals surface area contributed by atoms with Crippen LogP contribution in [0.25, 0.3) is 21.9 Å². The third kappa shape index (κ3) is 7.67. The summed E-state index contributed by atoms with van der Waals surface area (Å²) in [5, 5.41) is 16.0. The highest BCUT2D eigenvalue weighted by molar-refractivity contribution is 7.80. The van der Waals surface area contributed by atoms with Gasteiger partial charge in [0, 0.05) is 11.3 Å². The van der Waals surface area contributed by atoms with Crippen LogP contribution in [-0.2, 0) is 15.8 Å². The Labute approximate surface area is 325 Å². The molecule has 286 valence electrons. The summed E-state index contributed by atoms with van der Waals surface area (Å²) in [5.41, 5.74) is 1.70. The van der Waals surface area contributed by atoms with Crippen molar-refractivity contribution < 1.29 is 37.3 Å². The topological polar surface area (TPSA) is 158 Å². The number of benzene rings is 4. The molecule has 7 rings (SSSR count). The van der Waals surface area contributed by atoms with Gasteiger partial charge in [0.25, 0.3) is 5.69 Å². The molecule has 3 unspecified atom stereocenters. The minimum Gasteiger partial charge on any atom is -0.508 e. The van der Waals surface area contributed by atoms with Crippen LogP contribution in [0.15, 0.2) is 102 Å². The van der Waals surface area contributed by atoms with Crippen molar-refractivity contribution in [3.8, 4) is 34.5 Å². The van der Waals surface area contributed by atoms with E-state index < -0.39 is 23.0 Å². The number of aromatic nitrogens is 3. The number of carbonyl (C=O) groups excluding carboxylic acids is 2. The van der Waals surface area contributed by atoms with Crippen LogP contribution in [0.1, 0.15) is 54.3 Å². The number of nitrogens with one attached hydrogen (secondary N) is 2. The second kappa shape index (κ2) is 16.0. The summed E-state index contributed by atoms with van der Waals surface area (Å²) in [4.78, 5) is 36.4. The fourth-order valence-electron chi connectivity index (χ4n) is 7.27. The number of anilines is 2. The summed E-state index contributed by atoms with van der Waals surface area (Å²) in [6.45, 7) is 14.4. The average molecular weight is 774 g/mol. The molecule has 1 aliphatic carbocycles. The second-order valence-corrected chi connectivity index (χ2v) is 14.9. The number of para-hydroxylation sites is 2. The lowest BCUT2D eigenvalue weighted by molar-refractivity contribution is -0.0249. The van der Waals surface area contributed by atoms with Crippen LogP contribution in [0.3, 0.4) is 0 Å². The standard InChI is InChI=1S/C42H39N5O8S/c1-24-22-25(2)37(26(3)23-24)53-42(50)35-36(43-4)40(54-41(49)31-10-6-8-12-33(31)52-5)47-39(35)45-38(46-47)27-14-16-28(17-15-27)44-32-11-7-9-13-34(32)56(51)55-30-20-18-29(48)19-21-30/h6-21,24-26,37,44,48H,22-23H2,1-3,5H3,(H,45,46). The molecule has 0 aliphatic heterocycles. The van der Waals surface area contributed by atoms with E-state index in [1.165, 1.54) is 42.0 Å². The number of esters is 2. The van der Waals surface area contributed by atoms with E-state index in [9.17, 15) is 18.9 Å². The van der Waals surface area contributed by atoms with Crippen molar-refractivity contribution in [2.75, 3.05) is 12.4 Å². The molecule has 0 radical (unpaired) electrons. The lowest BCUT2D eigenvalue weighted by Crippen LogP contribution is -2.37. The smallest absolute Gasteiger partial charge is 0.347 e. The number of nitrogens with zero attached hydrogens (tertiary/aromatic N) is 3. The van der Waals surface area contributed by atoms with Crippen LogP contribution in [0, 0.1) is 24.3 Å². The number of carbonyl (C=O) groups is 2. The van der Waals surface area contributed by atoms with Crippen molar-refractivity contribution in [2.45, 2.75) is 44.6 Å². The van der Waals surface area contributed by atoms with Crippen LogP contribution in [-0.4, -0.2) is 49.1 Å². The molecule has 0 amide bonds. The van der Waals surface area contributed by atoms with Crippen LogP contribution in [0.5, 0.6) is 23.1 Å². The van der Waals surface area contributed by atoms with Crippen LogP contribution in [0.2, 0.25) is 0 Å². The number of aromatic amines is 1. The lowest BCUT2D eigenvalue weighted by Gasteiger charge is -2.37. The number of methoxy groups -OCH3 is 1. The van der Waals surface area contributed by atoms with E-state index in [4.69, 9.17) is 29.9 Å². The number of phenolic OH excluding ortho intramolecular Hbond substituents is 1. The van der Waals surface area contributed by atoms with Gasteiger partial charge in [-0.3, -0.25) is 5.10 Å².